The Balaban J connectivity index is 1.64. The van der Waals surface area contributed by atoms with E-state index in [1.807, 2.05) is 44.3 Å². The number of aryl methyl sites for hydroxylation is 2. The summed E-state index contributed by atoms with van der Waals surface area (Å²) in [6, 6.07) is 12.0. The Morgan fingerprint density at radius 1 is 1.20 bits per heavy atom. The van der Waals surface area contributed by atoms with Crippen molar-refractivity contribution in [3.63, 3.8) is 0 Å². The maximum absolute atomic E-state index is 9.89. The molecule has 3 aromatic heterocycles. The molecule has 0 bridgehead atoms. The van der Waals surface area contributed by atoms with Gasteiger partial charge in [-0.3, -0.25) is 0 Å². The molecule has 0 radical (unpaired) electrons. The maximum Gasteiger partial charge on any atom is 0.157 e. The summed E-state index contributed by atoms with van der Waals surface area (Å²) in [5.74, 6) is 0.842. The number of rotatable bonds is 5. The molecule has 25 heavy (non-hydrogen) atoms. The van der Waals surface area contributed by atoms with Crippen LogP contribution in [0.3, 0.4) is 0 Å². The highest BCUT2D eigenvalue weighted by Crippen LogP contribution is 2.21. The van der Waals surface area contributed by atoms with Crippen LogP contribution in [-0.4, -0.2) is 37.3 Å². The van der Waals surface area contributed by atoms with E-state index in [9.17, 15) is 5.11 Å². The van der Waals surface area contributed by atoms with Gasteiger partial charge in [-0.15, -0.1) is 0 Å². The van der Waals surface area contributed by atoms with E-state index in [0.29, 0.717) is 6.42 Å². The van der Waals surface area contributed by atoms with Gasteiger partial charge in [0.2, 0.25) is 0 Å². The van der Waals surface area contributed by atoms with Crippen LogP contribution in [0.4, 0.5) is 5.82 Å². The van der Waals surface area contributed by atoms with Crippen molar-refractivity contribution in [2.24, 2.45) is 0 Å². The van der Waals surface area contributed by atoms with E-state index in [1.165, 1.54) is 10.9 Å². The number of benzene rings is 1. The smallest absolute Gasteiger partial charge is 0.157 e. The number of nitrogens with zero attached hydrogens (tertiary/aromatic N) is 3. The van der Waals surface area contributed by atoms with E-state index in [1.54, 1.807) is 4.52 Å². The summed E-state index contributed by atoms with van der Waals surface area (Å²) >= 11 is 0. The lowest BCUT2D eigenvalue weighted by Crippen LogP contribution is -2.27. The van der Waals surface area contributed by atoms with E-state index >= 15 is 0 Å². The molecule has 0 aliphatic heterocycles. The maximum atomic E-state index is 9.89. The van der Waals surface area contributed by atoms with Crippen LogP contribution >= 0.6 is 0 Å². The zero-order chi connectivity index (χ0) is 17.4. The van der Waals surface area contributed by atoms with Crippen LogP contribution in [-0.2, 0) is 6.42 Å². The third kappa shape index (κ3) is 2.96. The van der Waals surface area contributed by atoms with Crippen LogP contribution in [0.2, 0.25) is 0 Å². The van der Waals surface area contributed by atoms with Gasteiger partial charge < -0.3 is 15.4 Å². The van der Waals surface area contributed by atoms with Gasteiger partial charge in [-0.25, -0.2) is 4.98 Å². The molecule has 0 unspecified atom stereocenters. The first-order valence-corrected chi connectivity index (χ1v) is 8.40. The van der Waals surface area contributed by atoms with Crippen molar-refractivity contribution in [3.05, 3.63) is 59.5 Å². The Labute approximate surface area is 145 Å². The second-order valence-electron chi connectivity index (χ2n) is 6.43. The number of para-hydroxylation sites is 1. The molecular formula is C19H21N5O. The number of aromatic amines is 1. The fraction of sp³-hybridized carbons (Fsp3) is 0.263. The number of hydrogen-bond donors (Lipinski definition) is 3. The highest BCUT2D eigenvalue weighted by atomic mass is 16.3. The molecule has 0 fully saturated rings. The molecular weight excluding hydrogens is 314 g/mol. The number of aliphatic hydroxyl groups excluding tert-OH is 1. The molecule has 4 rings (SSSR count). The molecule has 1 aromatic carbocycles. The molecule has 0 aliphatic rings. The molecule has 3 heterocycles. The standard InChI is InChI=1S/C19H21N5O/c1-12-7-19(24-18(21-12)8-13(2)23-24)22-15(11-25)9-14-10-20-17-6-4-3-5-16(14)17/h3-8,10,15,20,22,25H,9,11H2,1-2H3/t15-/m0/s1. The average Bonchev–Trinajstić information content (AvgIpc) is 3.17. The highest BCUT2D eigenvalue weighted by Gasteiger charge is 2.14. The summed E-state index contributed by atoms with van der Waals surface area (Å²) in [7, 11) is 0. The van der Waals surface area contributed by atoms with Gasteiger partial charge >= 0.3 is 0 Å². The van der Waals surface area contributed by atoms with Gasteiger partial charge in [0.1, 0.15) is 5.82 Å². The quantitative estimate of drug-likeness (QED) is 0.524. The fourth-order valence-corrected chi connectivity index (χ4v) is 3.25. The first-order chi connectivity index (χ1) is 12.1. The molecule has 4 aromatic rings. The SMILES string of the molecule is Cc1cc(N[C@H](CO)Cc2c[nH]c3ccccc23)n2nc(C)cc2n1. The van der Waals surface area contributed by atoms with Crippen molar-refractivity contribution in [1.82, 2.24) is 19.6 Å². The number of H-pyrrole nitrogens is 1. The number of anilines is 1. The molecule has 0 amide bonds. The van der Waals surface area contributed by atoms with E-state index in [-0.39, 0.29) is 12.6 Å². The summed E-state index contributed by atoms with van der Waals surface area (Å²) in [5.41, 5.74) is 4.93. The van der Waals surface area contributed by atoms with Crippen LogP contribution in [0.5, 0.6) is 0 Å². The molecule has 6 heteroatoms. The molecule has 1 atom stereocenters. The number of nitrogens with one attached hydrogen (secondary N) is 2. The van der Waals surface area contributed by atoms with E-state index < -0.39 is 0 Å². The van der Waals surface area contributed by atoms with Crippen molar-refractivity contribution in [2.45, 2.75) is 26.3 Å². The van der Waals surface area contributed by atoms with E-state index in [0.717, 1.165) is 28.4 Å². The Kier molecular flexibility index (Phi) is 3.89. The monoisotopic (exact) mass is 335 g/mol. The van der Waals surface area contributed by atoms with E-state index in [2.05, 4.69) is 32.5 Å². The molecule has 0 saturated heterocycles. The Hall–Kier alpha value is -2.86. The van der Waals surface area contributed by atoms with Gasteiger partial charge in [0, 0.05) is 34.9 Å². The second-order valence-corrected chi connectivity index (χ2v) is 6.43. The average molecular weight is 335 g/mol. The van der Waals surface area contributed by atoms with E-state index in [4.69, 9.17) is 0 Å². The highest BCUT2D eigenvalue weighted by molar-refractivity contribution is 5.83. The fourth-order valence-electron chi connectivity index (χ4n) is 3.25. The normalized spacial score (nSPS) is 12.8. The number of fused-ring (bicyclic) bond motifs is 2. The predicted molar refractivity (Wildman–Crippen MR) is 99.0 cm³/mol. The zero-order valence-electron chi connectivity index (χ0n) is 14.3. The third-order valence-corrected chi connectivity index (χ3v) is 4.39. The summed E-state index contributed by atoms with van der Waals surface area (Å²) < 4.78 is 1.79. The van der Waals surface area contributed by atoms with Gasteiger partial charge in [0.15, 0.2) is 5.65 Å². The van der Waals surface area contributed by atoms with Crippen molar-refractivity contribution >= 4 is 22.4 Å². The van der Waals surface area contributed by atoms with Crippen LogP contribution in [0.1, 0.15) is 17.0 Å². The van der Waals surface area contributed by atoms with Crippen LogP contribution < -0.4 is 5.32 Å². The lowest BCUT2D eigenvalue weighted by atomic mass is 10.1. The van der Waals surface area contributed by atoms with Crippen molar-refractivity contribution < 1.29 is 5.11 Å². The van der Waals surface area contributed by atoms with Gasteiger partial charge in [-0.05, 0) is 31.9 Å². The van der Waals surface area contributed by atoms with Gasteiger partial charge in [0.05, 0.1) is 18.3 Å². The van der Waals surface area contributed by atoms with Gasteiger partial charge in [-0.1, -0.05) is 18.2 Å². The Bertz CT molecular complexity index is 1030. The first kappa shape index (κ1) is 15.7. The molecule has 6 nitrogen and oxygen atoms in total. The lowest BCUT2D eigenvalue weighted by molar-refractivity contribution is 0.273. The van der Waals surface area contributed by atoms with Gasteiger partial charge in [-0.2, -0.15) is 9.61 Å². The summed E-state index contributed by atoms with van der Waals surface area (Å²) in [4.78, 5) is 7.79. The zero-order valence-corrected chi connectivity index (χ0v) is 14.3. The Morgan fingerprint density at radius 3 is 2.88 bits per heavy atom. The lowest BCUT2D eigenvalue weighted by Gasteiger charge is -2.18. The molecule has 0 aliphatic carbocycles. The predicted octanol–water partition coefficient (Wildman–Crippen LogP) is 2.84. The molecule has 128 valence electrons. The first-order valence-electron chi connectivity index (χ1n) is 8.40. The topological polar surface area (TPSA) is 78.2 Å². The molecule has 3 N–H and O–H groups in total. The third-order valence-electron chi connectivity index (χ3n) is 4.39. The van der Waals surface area contributed by atoms with Crippen molar-refractivity contribution in [3.8, 4) is 0 Å². The van der Waals surface area contributed by atoms with Crippen LogP contribution in [0.25, 0.3) is 16.6 Å². The molecule has 0 saturated carbocycles. The van der Waals surface area contributed by atoms with Crippen LogP contribution in [0, 0.1) is 13.8 Å². The minimum Gasteiger partial charge on any atom is -0.394 e. The van der Waals surface area contributed by atoms with Gasteiger partial charge in [0.25, 0.3) is 0 Å². The summed E-state index contributed by atoms with van der Waals surface area (Å²) in [6.45, 7) is 3.94. The minimum absolute atomic E-state index is 0.0304. The summed E-state index contributed by atoms with van der Waals surface area (Å²) in [6.07, 6.45) is 2.73. The number of aliphatic hydroxyl groups is 1. The van der Waals surface area contributed by atoms with Crippen molar-refractivity contribution in [1.29, 1.82) is 0 Å². The number of aromatic nitrogens is 4. The number of hydrogen-bond acceptors (Lipinski definition) is 4. The minimum atomic E-state index is -0.117. The van der Waals surface area contributed by atoms with Crippen molar-refractivity contribution in [2.75, 3.05) is 11.9 Å². The Morgan fingerprint density at radius 2 is 2.04 bits per heavy atom. The van der Waals surface area contributed by atoms with Crippen LogP contribution in [0.15, 0.2) is 42.6 Å². The second kappa shape index (κ2) is 6.22. The largest absolute Gasteiger partial charge is 0.394 e. The summed E-state index contributed by atoms with van der Waals surface area (Å²) in [5, 5.41) is 19.0. The molecule has 0 spiro atoms.